The lowest BCUT2D eigenvalue weighted by Crippen LogP contribution is -2.04. The van der Waals surface area contributed by atoms with Gasteiger partial charge in [0.1, 0.15) is 5.78 Å². The van der Waals surface area contributed by atoms with Crippen molar-refractivity contribution in [3.63, 3.8) is 0 Å². The van der Waals surface area contributed by atoms with Crippen LogP contribution < -0.4 is 0 Å². The predicted octanol–water partition coefficient (Wildman–Crippen LogP) is 1.28. The summed E-state index contributed by atoms with van der Waals surface area (Å²) in [6.45, 7) is 3.33. The molecule has 0 aliphatic heterocycles. The van der Waals surface area contributed by atoms with E-state index in [4.69, 9.17) is 0 Å². The SMILES string of the molecule is CC(=O)CCC(=O)c1cnn(C)c1C. The van der Waals surface area contributed by atoms with Gasteiger partial charge in [0.25, 0.3) is 0 Å². The molecular weight excluding hydrogens is 180 g/mol. The Morgan fingerprint density at radius 2 is 2.07 bits per heavy atom. The molecule has 1 heterocycles. The summed E-state index contributed by atoms with van der Waals surface area (Å²) in [5.41, 5.74) is 1.47. The molecular formula is C10H14N2O2. The molecule has 0 aliphatic rings. The number of Topliss-reactive ketones (excluding diaryl/α,β-unsaturated/α-hetero) is 2. The Morgan fingerprint density at radius 3 is 2.50 bits per heavy atom. The highest BCUT2D eigenvalue weighted by Gasteiger charge is 2.12. The van der Waals surface area contributed by atoms with Crippen LogP contribution in [0.5, 0.6) is 0 Å². The van der Waals surface area contributed by atoms with Crippen LogP contribution in [0.15, 0.2) is 6.20 Å². The summed E-state index contributed by atoms with van der Waals surface area (Å²) in [6.07, 6.45) is 2.15. The van der Waals surface area contributed by atoms with Crippen molar-refractivity contribution < 1.29 is 9.59 Å². The van der Waals surface area contributed by atoms with Gasteiger partial charge in [0.05, 0.1) is 11.8 Å². The summed E-state index contributed by atoms with van der Waals surface area (Å²) in [7, 11) is 1.79. The number of nitrogens with zero attached hydrogens (tertiary/aromatic N) is 2. The number of rotatable bonds is 4. The zero-order chi connectivity index (χ0) is 10.7. The molecule has 1 aromatic rings. The Labute approximate surface area is 82.9 Å². The Bertz CT molecular complexity index is 366. The van der Waals surface area contributed by atoms with Gasteiger partial charge in [0.2, 0.25) is 0 Å². The van der Waals surface area contributed by atoms with E-state index in [1.807, 2.05) is 6.92 Å². The van der Waals surface area contributed by atoms with Gasteiger partial charge in [-0.1, -0.05) is 0 Å². The molecule has 0 aliphatic carbocycles. The average Bonchev–Trinajstić information content (AvgIpc) is 2.44. The first-order valence-electron chi connectivity index (χ1n) is 4.53. The highest BCUT2D eigenvalue weighted by Crippen LogP contribution is 2.09. The van der Waals surface area contributed by atoms with Crippen LogP contribution in [0.4, 0.5) is 0 Å². The summed E-state index contributed by atoms with van der Waals surface area (Å²) in [5, 5.41) is 3.98. The lowest BCUT2D eigenvalue weighted by atomic mass is 10.1. The van der Waals surface area contributed by atoms with Crippen molar-refractivity contribution in [1.29, 1.82) is 0 Å². The number of aryl methyl sites for hydroxylation is 1. The van der Waals surface area contributed by atoms with Crippen LogP contribution in [-0.2, 0) is 11.8 Å². The molecule has 14 heavy (non-hydrogen) atoms. The lowest BCUT2D eigenvalue weighted by Gasteiger charge is -1.98. The summed E-state index contributed by atoms with van der Waals surface area (Å²) < 4.78 is 1.65. The van der Waals surface area contributed by atoms with Crippen LogP contribution in [0.25, 0.3) is 0 Å². The average molecular weight is 194 g/mol. The number of hydrogen-bond donors (Lipinski definition) is 0. The standard InChI is InChI=1S/C10H14N2O2/c1-7(13)4-5-10(14)9-6-11-12(3)8(9)2/h6H,4-5H2,1-3H3. The van der Waals surface area contributed by atoms with Crippen molar-refractivity contribution in [1.82, 2.24) is 9.78 Å². The van der Waals surface area contributed by atoms with Crippen LogP contribution in [0.3, 0.4) is 0 Å². The van der Waals surface area contributed by atoms with Gasteiger partial charge >= 0.3 is 0 Å². The van der Waals surface area contributed by atoms with E-state index in [2.05, 4.69) is 5.10 Å². The number of aromatic nitrogens is 2. The smallest absolute Gasteiger partial charge is 0.166 e. The van der Waals surface area contributed by atoms with E-state index < -0.39 is 0 Å². The third-order valence-electron chi connectivity index (χ3n) is 2.24. The Hall–Kier alpha value is -1.45. The molecule has 0 saturated carbocycles. The van der Waals surface area contributed by atoms with E-state index in [1.165, 1.54) is 6.92 Å². The van der Waals surface area contributed by atoms with Crippen LogP contribution in [0, 0.1) is 6.92 Å². The number of carbonyl (C=O) groups excluding carboxylic acids is 2. The Balaban J connectivity index is 2.70. The second-order valence-corrected chi connectivity index (χ2v) is 3.39. The molecule has 0 unspecified atom stereocenters. The van der Waals surface area contributed by atoms with Crippen LogP contribution in [0.2, 0.25) is 0 Å². The van der Waals surface area contributed by atoms with Gasteiger partial charge in [-0.3, -0.25) is 9.48 Å². The normalized spacial score (nSPS) is 10.2. The Morgan fingerprint density at radius 1 is 1.43 bits per heavy atom. The zero-order valence-corrected chi connectivity index (χ0v) is 8.70. The van der Waals surface area contributed by atoms with Gasteiger partial charge in [0.15, 0.2) is 5.78 Å². The topological polar surface area (TPSA) is 52.0 Å². The third-order valence-corrected chi connectivity index (χ3v) is 2.24. The fourth-order valence-electron chi connectivity index (χ4n) is 1.20. The van der Waals surface area contributed by atoms with Gasteiger partial charge in [-0.25, -0.2) is 0 Å². The van der Waals surface area contributed by atoms with Gasteiger partial charge in [-0.15, -0.1) is 0 Å². The summed E-state index contributed by atoms with van der Waals surface area (Å²) >= 11 is 0. The molecule has 0 aromatic carbocycles. The lowest BCUT2D eigenvalue weighted by molar-refractivity contribution is -0.116. The van der Waals surface area contributed by atoms with Crippen molar-refractivity contribution in [3.05, 3.63) is 17.5 Å². The fourth-order valence-corrected chi connectivity index (χ4v) is 1.20. The molecule has 4 heteroatoms. The number of ketones is 2. The van der Waals surface area contributed by atoms with Crippen molar-refractivity contribution in [2.45, 2.75) is 26.7 Å². The predicted molar refractivity (Wildman–Crippen MR) is 52.2 cm³/mol. The molecule has 1 rings (SSSR count). The molecule has 0 fully saturated rings. The second-order valence-electron chi connectivity index (χ2n) is 3.39. The maximum absolute atomic E-state index is 11.6. The van der Waals surface area contributed by atoms with Crippen molar-refractivity contribution in [2.75, 3.05) is 0 Å². The second kappa shape index (κ2) is 4.17. The minimum atomic E-state index is -0.00852. The fraction of sp³-hybridized carbons (Fsp3) is 0.500. The van der Waals surface area contributed by atoms with E-state index in [-0.39, 0.29) is 18.0 Å². The van der Waals surface area contributed by atoms with Gasteiger partial charge < -0.3 is 4.79 Å². The highest BCUT2D eigenvalue weighted by molar-refractivity contribution is 5.98. The van der Waals surface area contributed by atoms with Gasteiger partial charge in [-0.05, 0) is 13.8 Å². The number of carbonyl (C=O) groups is 2. The molecule has 0 radical (unpaired) electrons. The molecule has 76 valence electrons. The van der Waals surface area contributed by atoms with Crippen molar-refractivity contribution in [3.8, 4) is 0 Å². The first-order chi connectivity index (χ1) is 6.52. The van der Waals surface area contributed by atoms with Crippen LogP contribution in [-0.4, -0.2) is 21.3 Å². The quantitative estimate of drug-likeness (QED) is 0.678. The van der Waals surface area contributed by atoms with Crippen molar-refractivity contribution in [2.24, 2.45) is 7.05 Å². The summed E-state index contributed by atoms with van der Waals surface area (Å²) in [5.74, 6) is 0.0330. The van der Waals surface area contributed by atoms with Crippen molar-refractivity contribution >= 4 is 11.6 Å². The largest absolute Gasteiger partial charge is 0.300 e. The van der Waals surface area contributed by atoms with E-state index >= 15 is 0 Å². The Kier molecular flexibility index (Phi) is 3.17. The van der Waals surface area contributed by atoms with Crippen LogP contribution in [0.1, 0.15) is 35.8 Å². The maximum atomic E-state index is 11.6. The van der Waals surface area contributed by atoms with E-state index in [9.17, 15) is 9.59 Å². The molecule has 0 atom stereocenters. The summed E-state index contributed by atoms with van der Waals surface area (Å²) in [6, 6.07) is 0. The number of hydrogen-bond acceptors (Lipinski definition) is 3. The highest BCUT2D eigenvalue weighted by atomic mass is 16.1. The molecule has 0 saturated heterocycles. The molecule has 0 bridgehead atoms. The van der Waals surface area contributed by atoms with E-state index in [0.29, 0.717) is 12.0 Å². The van der Waals surface area contributed by atoms with Gasteiger partial charge in [0, 0.05) is 25.6 Å². The molecule has 0 N–H and O–H groups in total. The first-order valence-corrected chi connectivity index (χ1v) is 4.53. The minimum absolute atomic E-state index is 0.00852. The molecule has 0 spiro atoms. The molecule has 1 aromatic heterocycles. The van der Waals surface area contributed by atoms with Crippen LogP contribution >= 0.6 is 0 Å². The zero-order valence-electron chi connectivity index (χ0n) is 8.70. The maximum Gasteiger partial charge on any atom is 0.166 e. The van der Waals surface area contributed by atoms with Gasteiger partial charge in [-0.2, -0.15) is 5.10 Å². The third kappa shape index (κ3) is 2.28. The monoisotopic (exact) mass is 194 g/mol. The van der Waals surface area contributed by atoms with E-state index in [0.717, 1.165) is 5.69 Å². The minimum Gasteiger partial charge on any atom is -0.300 e. The first kappa shape index (κ1) is 10.6. The molecule has 0 amide bonds. The van der Waals surface area contributed by atoms with E-state index in [1.54, 1.807) is 17.9 Å². The molecule has 4 nitrogen and oxygen atoms in total. The summed E-state index contributed by atoms with van der Waals surface area (Å²) in [4.78, 5) is 22.3.